The van der Waals surface area contributed by atoms with Crippen molar-refractivity contribution in [3.8, 4) is 5.69 Å². The molecule has 0 atom stereocenters. The number of nitrogens with zero attached hydrogens (tertiary/aromatic N) is 2. The van der Waals surface area contributed by atoms with Gasteiger partial charge in [0.2, 0.25) is 10.0 Å². The van der Waals surface area contributed by atoms with Crippen LogP contribution in [0, 0.1) is 5.82 Å². The maximum absolute atomic E-state index is 13.3. The Balaban J connectivity index is 2.52. The number of para-hydroxylation sites is 1. The van der Waals surface area contributed by atoms with Gasteiger partial charge in [0.05, 0.1) is 12.4 Å². The van der Waals surface area contributed by atoms with Crippen LogP contribution in [0.25, 0.3) is 5.69 Å². The molecule has 7 heteroatoms. The molecule has 0 saturated carbocycles. The fourth-order valence-corrected chi connectivity index (χ4v) is 1.66. The molecule has 0 aliphatic heterocycles. The zero-order valence-electron chi connectivity index (χ0n) is 8.04. The first-order chi connectivity index (χ1) is 7.48. The molecule has 0 fully saturated rings. The second-order valence-corrected chi connectivity index (χ2v) is 4.68. The number of benzene rings is 1. The average molecular weight is 241 g/mol. The monoisotopic (exact) mass is 241 g/mol. The van der Waals surface area contributed by atoms with E-state index in [1.54, 1.807) is 6.07 Å². The van der Waals surface area contributed by atoms with Gasteiger partial charge in [0.1, 0.15) is 16.4 Å². The second-order valence-electron chi connectivity index (χ2n) is 3.12. The van der Waals surface area contributed by atoms with Crippen molar-refractivity contribution in [1.29, 1.82) is 0 Å². The number of aromatic nitrogens is 2. The van der Waals surface area contributed by atoms with E-state index in [-0.39, 0.29) is 10.6 Å². The van der Waals surface area contributed by atoms with Gasteiger partial charge >= 0.3 is 0 Å². The lowest BCUT2D eigenvalue weighted by atomic mass is 10.3. The lowest BCUT2D eigenvalue weighted by molar-refractivity contribution is 0.597. The summed E-state index contributed by atoms with van der Waals surface area (Å²) in [7, 11) is -3.81. The summed E-state index contributed by atoms with van der Waals surface area (Å²) in [4.78, 5) is -0.157. The molecule has 16 heavy (non-hydrogen) atoms. The predicted molar refractivity (Wildman–Crippen MR) is 54.9 cm³/mol. The number of halogens is 1. The summed E-state index contributed by atoms with van der Waals surface area (Å²) in [5.74, 6) is -0.494. The Morgan fingerprint density at radius 1 is 1.31 bits per heavy atom. The fourth-order valence-electron chi connectivity index (χ4n) is 1.22. The van der Waals surface area contributed by atoms with E-state index in [1.165, 1.54) is 18.2 Å². The zero-order chi connectivity index (χ0) is 11.8. The molecule has 0 aliphatic carbocycles. The molecule has 1 aromatic heterocycles. The molecule has 5 nitrogen and oxygen atoms in total. The Labute approximate surface area is 91.4 Å². The molecule has 0 amide bonds. The van der Waals surface area contributed by atoms with Crippen molar-refractivity contribution in [1.82, 2.24) is 9.78 Å². The third-order valence-electron chi connectivity index (χ3n) is 1.99. The Hall–Kier alpha value is -1.73. The molecule has 1 aromatic carbocycles. The maximum Gasteiger partial charge on any atom is 0.241 e. The highest BCUT2D eigenvalue weighted by Gasteiger charge is 2.12. The number of sulfonamides is 1. The van der Waals surface area contributed by atoms with E-state index >= 15 is 0 Å². The first-order valence-corrected chi connectivity index (χ1v) is 5.85. The number of rotatable bonds is 2. The van der Waals surface area contributed by atoms with Crippen LogP contribution in [0.1, 0.15) is 0 Å². The molecular weight excluding hydrogens is 233 g/mol. The fraction of sp³-hybridized carbons (Fsp3) is 0. The molecule has 0 aliphatic rings. The minimum absolute atomic E-state index is 0.157. The van der Waals surface area contributed by atoms with E-state index in [4.69, 9.17) is 5.14 Å². The third kappa shape index (κ3) is 1.95. The van der Waals surface area contributed by atoms with E-state index in [2.05, 4.69) is 5.10 Å². The second kappa shape index (κ2) is 3.69. The Morgan fingerprint density at radius 2 is 2.00 bits per heavy atom. The van der Waals surface area contributed by atoms with Gasteiger partial charge in [0, 0.05) is 0 Å². The molecule has 2 N–H and O–H groups in total. The zero-order valence-corrected chi connectivity index (χ0v) is 8.86. The van der Waals surface area contributed by atoms with Crippen LogP contribution in [0.15, 0.2) is 41.6 Å². The quantitative estimate of drug-likeness (QED) is 0.838. The summed E-state index contributed by atoms with van der Waals surface area (Å²) < 4.78 is 36.4. The van der Waals surface area contributed by atoms with Gasteiger partial charge in [-0.25, -0.2) is 22.6 Å². The highest BCUT2D eigenvalue weighted by molar-refractivity contribution is 7.89. The smallest absolute Gasteiger partial charge is 0.237 e. The van der Waals surface area contributed by atoms with Crippen molar-refractivity contribution in [3.63, 3.8) is 0 Å². The Kier molecular flexibility index (Phi) is 2.49. The largest absolute Gasteiger partial charge is 0.241 e. The molecular formula is C9H8FN3O2S. The first kappa shape index (κ1) is 10.8. The maximum atomic E-state index is 13.3. The molecule has 2 rings (SSSR count). The Bertz CT molecular complexity index is 621. The van der Waals surface area contributed by atoms with Crippen LogP contribution in [-0.2, 0) is 10.0 Å². The lowest BCUT2D eigenvalue weighted by Crippen LogP contribution is -2.11. The van der Waals surface area contributed by atoms with Crippen LogP contribution in [0.2, 0.25) is 0 Å². The summed E-state index contributed by atoms with van der Waals surface area (Å²) >= 11 is 0. The van der Waals surface area contributed by atoms with Gasteiger partial charge in [-0.2, -0.15) is 5.10 Å². The molecule has 1 heterocycles. The third-order valence-corrected chi connectivity index (χ3v) is 2.85. The van der Waals surface area contributed by atoms with Crippen LogP contribution >= 0.6 is 0 Å². The number of nitrogens with two attached hydrogens (primary N) is 1. The van der Waals surface area contributed by atoms with Crippen molar-refractivity contribution >= 4 is 10.0 Å². The van der Waals surface area contributed by atoms with E-state index < -0.39 is 15.8 Å². The molecule has 0 radical (unpaired) electrons. The van der Waals surface area contributed by atoms with Crippen molar-refractivity contribution in [2.45, 2.75) is 4.90 Å². The van der Waals surface area contributed by atoms with Gasteiger partial charge in [-0.15, -0.1) is 0 Å². The van der Waals surface area contributed by atoms with Crippen molar-refractivity contribution in [2.24, 2.45) is 5.14 Å². The topological polar surface area (TPSA) is 78.0 Å². The molecule has 0 unspecified atom stereocenters. The van der Waals surface area contributed by atoms with Gasteiger partial charge in [-0.05, 0) is 12.1 Å². The van der Waals surface area contributed by atoms with Gasteiger partial charge in [0.25, 0.3) is 0 Å². The average Bonchev–Trinajstić information content (AvgIpc) is 2.66. The highest BCUT2D eigenvalue weighted by Crippen LogP contribution is 2.13. The van der Waals surface area contributed by atoms with Crippen LogP contribution < -0.4 is 5.14 Å². The van der Waals surface area contributed by atoms with Crippen molar-refractivity contribution in [2.75, 3.05) is 0 Å². The summed E-state index contributed by atoms with van der Waals surface area (Å²) in [5, 5.41) is 8.64. The van der Waals surface area contributed by atoms with Crippen molar-refractivity contribution in [3.05, 3.63) is 42.5 Å². The van der Waals surface area contributed by atoms with Crippen molar-refractivity contribution < 1.29 is 12.8 Å². The van der Waals surface area contributed by atoms with Gasteiger partial charge in [0.15, 0.2) is 0 Å². The number of primary sulfonamides is 1. The van der Waals surface area contributed by atoms with Crippen LogP contribution in [0.5, 0.6) is 0 Å². The predicted octanol–water partition coefficient (Wildman–Crippen LogP) is 0.659. The molecule has 84 valence electrons. The van der Waals surface area contributed by atoms with Crippen LogP contribution in [0.3, 0.4) is 0 Å². The summed E-state index contributed by atoms with van der Waals surface area (Å²) in [6.07, 6.45) is 2.23. The molecule has 0 saturated heterocycles. The van der Waals surface area contributed by atoms with E-state index in [1.807, 2.05) is 0 Å². The van der Waals surface area contributed by atoms with Gasteiger partial charge in [-0.1, -0.05) is 12.1 Å². The van der Waals surface area contributed by atoms with Gasteiger partial charge in [-0.3, -0.25) is 0 Å². The molecule has 2 aromatic rings. The molecule has 0 bridgehead atoms. The van der Waals surface area contributed by atoms with E-state index in [9.17, 15) is 12.8 Å². The van der Waals surface area contributed by atoms with E-state index in [0.717, 1.165) is 17.1 Å². The Morgan fingerprint density at radius 3 is 2.56 bits per heavy atom. The highest BCUT2D eigenvalue weighted by atomic mass is 32.2. The summed E-state index contributed by atoms with van der Waals surface area (Å²) in [6.45, 7) is 0. The summed E-state index contributed by atoms with van der Waals surface area (Å²) in [5.41, 5.74) is 0.164. The minimum Gasteiger partial charge on any atom is -0.237 e. The van der Waals surface area contributed by atoms with Crippen LogP contribution in [-0.4, -0.2) is 18.2 Å². The lowest BCUT2D eigenvalue weighted by Gasteiger charge is -2.01. The SMILES string of the molecule is NS(=O)(=O)c1cnn(-c2ccccc2F)c1. The molecule has 0 spiro atoms. The van der Waals surface area contributed by atoms with Gasteiger partial charge < -0.3 is 0 Å². The minimum atomic E-state index is -3.81. The standard InChI is InChI=1S/C9H8FN3O2S/c10-8-3-1-2-4-9(8)13-6-7(5-12-13)16(11,14)15/h1-6H,(H2,11,14,15). The van der Waals surface area contributed by atoms with Crippen LogP contribution in [0.4, 0.5) is 4.39 Å². The summed E-state index contributed by atoms with van der Waals surface area (Å²) in [6, 6.07) is 5.89. The number of hydrogen-bond donors (Lipinski definition) is 1. The first-order valence-electron chi connectivity index (χ1n) is 4.31. The number of hydrogen-bond acceptors (Lipinski definition) is 3. The normalized spacial score (nSPS) is 11.6. The van der Waals surface area contributed by atoms with E-state index in [0.29, 0.717) is 0 Å².